The van der Waals surface area contributed by atoms with E-state index in [0.717, 1.165) is 9.27 Å². The van der Waals surface area contributed by atoms with Gasteiger partial charge in [0, 0.05) is 17.3 Å². The van der Waals surface area contributed by atoms with Gasteiger partial charge in [0.2, 0.25) is 0 Å². The van der Waals surface area contributed by atoms with Crippen LogP contribution in [0.1, 0.15) is 15.9 Å². The molecule has 0 radical (unpaired) electrons. The van der Waals surface area contributed by atoms with Crippen molar-refractivity contribution in [2.24, 2.45) is 0 Å². The summed E-state index contributed by atoms with van der Waals surface area (Å²) in [7, 11) is -2.71. The molecule has 0 aliphatic carbocycles. The van der Waals surface area contributed by atoms with Crippen molar-refractivity contribution in [3.05, 3.63) is 102 Å². The van der Waals surface area contributed by atoms with Crippen molar-refractivity contribution in [3.8, 4) is 23.0 Å². The van der Waals surface area contributed by atoms with E-state index in [9.17, 15) is 18.3 Å². The number of sulfonamides is 1. The van der Waals surface area contributed by atoms with Crippen LogP contribution in [0.5, 0.6) is 23.0 Å². The molecule has 0 saturated carbocycles. The van der Waals surface area contributed by atoms with Crippen LogP contribution in [0.4, 0.5) is 11.4 Å². The molecule has 4 aromatic carbocycles. The second kappa shape index (κ2) is 12.8. The number of rotatable bonds is 11. The van der Waals surface area contributed by atoms with Gasteiger partial charge < -0.3 is 24.6 Å². The van der Waals surface area contributed by atoms with Crippen molar-refractivity contribution in [3.63, 3.8) is 0 Å². The number of aliphatic hydroxyl groups is 1. The minimum atomic E-state index is -4.22. The summed E-state index contributed by atoms with van der Waals surface area (Å²) in [4.78, 5) is 13.2. The third-order valence-corrected chi connectivity index (χ3v) is 8.07. The van der Waals surface area contributed by atoms with Crippen molar-refractivity contribution >= 4 is 40.1 Å². The number of hydrogen-bond acceptors (Lipinski definition) is 8. The van der Waals surface area contributed by atoms with Gasteiger partial charge in [-0.05, 0) is 68.3 Å². The number of ether oxygens (including phenoxy) is 3. The van der Waals surface area contributed by atoms with Crippen LogP contribution < -0.4 is 23.2 Å². The molecule has 11 heteroatoms. The highest BCUT2D eigenvalue weighted by Gasteiger charge is 2.29. The SMILES string of the molecule is COc1cccc(Oc2c(OCCO)cc(C(=O)Nc3ccccc3)cc2N(S)S(=O)(=O)c2ccc(C)cc2)c1. The second-order valence-electron chi connectivity index (χ2n) is 8.56. The van der Waals surface area contributed by atoms with E-state index in [-0.39, 0.29) is 40.9 Å². The lowest BCUT2D eigenvalue weighted by Gasteiger charge is -2.24. The second-order valence-corrected chi connectivity index (χ2v) is 11.0. The molecule has 4 rings (SSSR count). The average molecular weight is 581 g/mol. The lowest BCUT2D eigenvalue weighted by atomic mass is 10.1. The number of nitrogens with zero attached hydrogens (tertiary/aromatic N) is 1. The summed E-state index contributed by atoms with van der Waals surface area (Å²) in [5.41, 5.74) is 1.41. The van der Waals surface area contributed by atoms with Gasteiger partial charge in [-0.1, -0.05) is 42.0 Å². The summed E-state index contributed by atoms with van der Waals surface area (Å²) >= 11 is 4.37. The molecule has 0 bridgehead atoms. The predicted molar refractivity (Wildman–Crippen MR) is 156 cm³/mol. The lowest BCUT2D eigenvalue weighted by Crippen LogP contribution is -2.23. The van der Waals surface area contributed by atoms with Crippen molar-refractivity contribution in [1.29, 1.82) is 0 Å². The molecule has 0 aromatic heterocycles. The molecular weight excluding hydrogens is 552 g/mol. The van der Waals surface area contributed by atoms with Crippen LogP contribution in [0.25, 0.3) is 0 Å². The number of carbonyl (C=O) groups excluding carboxylic acids is 1. The van der Waals surface area contributed by atoms with E-state index in [0.29, 0.717) is 17.2 Å². The van der Waals surface area contributed by atoms with Crippen LogP contribution in [-0.2, 0) is 10.0 Å². The number of nitrogens with one attached hydrogen (secondary N) is 1. The Kier molecular flexibility index (Phi) is 9.20. The van der Waals surface area contributed by atoms with Gasteiger partial charge in [-0.2, -0.15) is 0 Å². The average Bonchev–Trinajstić information content (AvgIpc) is 2.96. The van der Waals surface area contributed by atoms with Crippen LogP contribution in [0.15, 0.2) is 95.9 Å². The Morgan fingerprint density at radius 1 is 0.950 bits per heavy atom. The first-order valence-electron chi connectivity index (χ1n) is 12.1. The highest BCUT2D eigenvalue weighted by Crippen LogP contribution is 2.45. The number of benzene rings is 4. The van der Waals surface area contributed by atoms with E-state index in [1.165, 1.54) is 31.4 Å². The highest BCUT2D eigenvalue weighted by molar-refractivity contribution is 8.06. The van der Waals surface area contributed by atoms with E-state index in [1.54, 1.807) is 60.7 Å². The van der Waals surface area contributed by atoms with Crippen molar-refractivity contribution in [2.75, 3.05) is 29.4 Å². The zero-order valence-corrected chi connectivity index (χ0v) is 23.5. The van der Waals surface area contributed by atoms with E-state index < -0.39 is 15.9 Å². The van der Waals surface area contributed by atoms with E-state index in [1.807, 2.05) is 13.0 Å². The van der Waals surface area contributed by atoms with Gasteiger partial charge in [-0.15, -0.1) is 0 Å². The molecule has 0 unspecified atom stereocenters. The molecule has 0 aliphatic heterocycles. The minimum Gasteiger partial charge on any atom is -0.497 e. The van der Waals surface area contributed by atoms with Gasteiger partial charge in [-0.25, -0.2) is 12.1 Å². The summed E-state index contributed by atoms with van der Waals surface area (Å²) in [6.45, 7) is 1.37. The van der Waals surface area contributed by atoms with Crippen LogP contribution in [0.2, 0.25) is 0 Å². The summed E-state index contributed by atoms with van der Waals surface area (Å²) in [6, 6.07) is 24.5. The third kappa shape index (κ3) is 6.68. The van der Waals surface area contributed by atoms with Gasteiger partial charge in [-0.3, -0.25) is 4.79 Å². The Morgan fingerprint density at radius 3 is 2.33 bits per heavy atom. The molecule has 0 atom stereocenters. The number of aliphatic hydroxyl groups excluding tert-OH is 1. The number of methoxy groups -OCH3 is 1. The summed E-state index contributed by atoms with van der Waals surface area (Å²) in [5, 5.41) is 12.2. The summed E-state index contributed by atoms with van der Waals surface area (Å²) in [6.07, 6.45) is 0. The van der Waals surface area contributed by atoms with Crippen LogP contribution >= 0.6 is 12.8 Å². The maximum atomic E-state index is 13.6. The van der Waals surface area contributed by atoms with Crippen LogP contribution in [-0.4, -0.2) is 39.8 Å². The number of anilines is 2. The summed E-state index contributed by atoms with van der Waals surface area (Å²) in [5.74, 6) is 0.272. The van der Waals surface area contributed by atoms with Gasteiger partial charge >= 0.3 is 0 Å². The zero-order chi connectivity index (χ0) is 28.7. The Labute approximate surface area is 238 Å². The Bertz CT molecular complexity index is 1580. The highest BCUT2D eigenvalue weighted by atomic mass is 32.3. The third-order valence-electron chi connectivity index (χ3n) is 5.69. The molecule has 0 saturated heterocycles. The Morgan fingerprint density at radius 2 is 1.65 bits per heavy atom. The van der Waals surface area contributed by atoms with Crippen LogP contribution in [0, 0.1) is 6.92 Å². The maximum Gasteiger partial charge on any atom is 0.273 e. The monoisotopic (exact) mass is 580 g/mol. The smallest absolute Gasteiger partial charge is 0.273 e. The fourth-order valence-electron chi connectivity index (χ4n) is 3.67. The van der Waals surface area contributed by atoms with Crippen molar-refractivity contribution in [1.82, 2.24) is 0 Å². The van der Waals surface area contributed by atoms with Gasteiger partial charge in [0.1, 0.15) is 23.8 Å². The number of hydrogen-bond donors (Lipinski definition) is 3. The first-order chi connectivity index (χ1) is 19.2. The molecule has 2 N–H and O–H groups in total. The topological polar surface area (TPSA) is 114 Å². The molecule has 0 aliphatic rings. The number of carbonyl (C=O) groups is 1. The van der Waals surface area contributed by atoms with Crippen LogP contribution in [0.3, 0.4) is 0 Å². The largest absolute Gasteiger partial charge is 0.497 e. The first-order valence-corrected chi connectivity index (χ1v) is 14.0. The molecule has 0 fully saturated rings. The number of aryl methyl sites for hydroxylation is 1. The standard InChI is InChI=1S/C29H28N2O7S2/c1-20-11-13-25(14-12-20)40(34,35)31(39)26-17-21(29(33)30-22-7-4-3-5-8-22)18-27(37-16-15-32)28(26)38-24-10-6-9-23(19-24)36-2/h3-14,17-19,32,39H,15-16H2,1-2H3,(H,30,33). The Balaban J connectivity index is 1.87. The van der Waals surface area contributed by atoms with Gasteiger partial charge in [0.15, 0.2) is 11.5 Å². The minimum absolute atomic E-state index is 0.0163. The Hall–Kier alpha value is -4.19. The summed E-state index contributed by atoms with van der Waals surface area (Å²) < 4.78 is 45.2. The quantitative estimate of drug-likeness (QED) is 0.202. The van der Waals surface area contributed by atoms with Gasteiger partial charge in [0.05, 0.1) is 18.6 Å². The van der Waals surface area contributed by atoms with E-state index >= 15 is 0 Å². The molecule has 4 aromatic rings. The van der Waals surface area contributed by atoms with Crippen molar-refractivity contribution in [2.45, 2.75) is 11.8 Å². The van der Waals surface area contributed by atoms with Gasteiger partial charge in [0.25, 0.3) is 15.9 Å². The fraction of sp³-hybridized carbons (Fsp3) is 0.138. The molecule has 9 nitrogen and oxygen atoms in total. The molecule has 0 spiro atoms. The lowest BCUT2D eigenvalue weighted by molar-refractivity contribution is 0.102. The maximum absolute atomic E-state index is 13.6. The van der Waals surface area contributed by atoms with E-state index in [2.05, 4.69) is 18.1 Å². The number of amides is 1. The fourth-order valence-corrected chi connectivity index (χ4v) is 5.18. The molecule has 0 heterocycles. The molecule has 1 amide bonds. The number of thiol groups is 1. The zero-order valence-electron chi connectivity index (χ0n) is 21.8. The molecule has 40 heavy (non-hydrogen) atoms. The number of para-hydroxylation sites is 1. The molecule has 208 valence electrons. The first kappa shape index (κ1) is 28.8. The predicted octanol–water partition coefficient (Wildman–Crippen LogP) is 5.46. The van der Waals surface area contributed by atoms with Crippen molar-refractivity contribution < 1.29 is 32.5 Å². The normalized spacial score (nSPS) is 11.0. The molecular formula is C29H28N2O7S2. The van der Waals surface area contributed by atoms with E-state index in [4.69, 9.17) is 14.2 Å².